The van der Waals surface area contributed by atoms with E-state index in [1.807, 2.05) is 58.3 Å². The van der Waals surface area contributed by atoms with Gasteiger partial charge < -0.3 is 20.4 Å². The molecular weight excluding hydrogens is 528 g/mol. The number of anilines is 4. The van der Waals surface area contributed by atoms with Crippen LogP contribution < -0.4 is 15.4 Å². The Bertz CT molecular complexity index is 1680. The third-order valence-corrected chi connectivity index (χ3v) is 8.73. The first-order chi connectivity index (χ1) is 19.0. The van der Waals surface area contributed by atoms with Gasteiger partial charge in [-0.25, -0.2) is 8.42 Å². The van der Waals surface area contributed by atoms with Crippen molar-refractivity contribution in [3.8, 4) is 5.75 Å². The number of nitrogens with one attached hydrogen (secondary N) is 3. The smallest absolute Gasteiger partial charge is 0.231 e. The highest BCUT2D eigenvalue weighted by molar-refractivity contribution is 7.92. The molecule has 0 bridgehead atoms. The fourth-order valence-corrected chi connectivity index (χ4v) is 5.68. The lowest BCUT2D eigenvalue weighted by Crippen LogP contribution is -2.15. The molecular formula is C29H34N6O4S. The summed E-state index contributed by atoms with van der Waals surface area (Å²) in [7, 11) is -1.68. The minimum Gasteiger partial charge on any atom is -0.489 e. The van der Waals surface area contributed by atoms with Gasteiger partial charge in [-0.3, -0.25) is 9.90 Å². The Kier molecular flexibility index (Phi) is 7.43. The Hall–Kier alpha value is -4.09. The molecule has 210 valence electrons. The summed E-state index contributed by atoms with van der Waals surface area (Å²) in [6.45, 7) is 9.29. The fraction of sp³-hybridized carbons (Fsp3) is 0.310. The van der Waals surface area contributed by atoms with Gasteiger partial charge >= 0.3 is 0 Å². The third kappa shape index (κ3) is 5.47. The summed E-state index contributed by atoms with van der Waals surface area (Å²) in [6.07, 6.45) is 5.35. The summed E-state index contributed by atoms with van der Waals surface area (Å²) >= 11 is 0. The lowest BCUT2D eigenvalue weighted by atomic mass is 10.0. The van der Waals surface area contributed by atoms with Gasteiger partial charge in [-0.05, 0) is 82.2 Å². The first-order valence-corrected chi connectivity index (χ1v) is 14.7. The summed E-state index contributed by atoms with van der Waals surface area (Å²) in [6, 6.07) is 12.6. The van der Waals surface area contributed by atoms with E-state index in [0.717, 1.165) is 16.5 Å². The fourth-order valence-electron chi connectivity index (χ4n) is 4.48. The third-order valence-electron chi connectivity index (χ3n) is 6.52. The van der Waals surface area contributed by atoms with E-state index in [-0.39, 0.29) is 17.1 Å². The van der Waals surface area contributed by atoms with E-state index >= 15 is 0 Å². The molecule has 1 atom stereocenters. The molecule has 11 heteroatoms. The first-order valence-electron chi connectivity index (χ1n) is 13.1. The van der Waals surface area contributed by atoms with Crippen LogP contribution in [0.15, 0.2) is 65.8 Å². The molecule has 0 amide bonds. The molecule has 40 heavy (non-hydrogen) atoms. The number of rotatable bonds is 9. The van der Waals surface area contributed by atoms with Crippen LogP contribution in [-0.2, 0) is 14.7 Å². The Labute approximate surface area is 234 Å². The van der Waals surface area contributed by atoms with Crippen LogP contribution in [0.4, 0.5) is 23.1 Å². The number of aromatic amines is 1. The molecule has 0 saturated carbocycles. The van der Waals surface area contributed by atoms with Crippen molar-refractivity contribution in [3.63, 3.8) is 0 Å². The van der Waals surface area contributed by atoms with Gasteiger partial charge in [0.2, 0.25) is 5.95 Å². The monoisotopic (exact) mass is 562 g/mol. The largest absolute Gasteiger partial charge is 0.489 e. The summed E-state index contributed by atoms with van der Waals surface area (Å²) < 4.78 is 32.2. The van der Waals surface area contributed by atoms with Crippen LogP contribution in [0, 0.1) is 6.92 Å². The van der Waals surface area contributed by atoms with Crippen LogP contribution in [0.1, 0.15) is 44.9 Å². The molecule has 0 fully saturated rings. The second kappa shape index (κ2) is 10.8. The zero-order valence-corrected chi connectivity index (χ0v) is 24.2. The van der Waals surface area contributed by atoms with E-state index in [0.29, 0.717) is 34.5 Å². The van der Waals surface area contributed by atoms with Gasteiger partial charge in [0.1, 0.15) is 23.3 Å². The van der Waals surface area contributed by atoms with E-state index in [4.69, 9.17) is 14.6 Å². The SMILES string of the molecule is Cc1cc(OC(C)C)c(Nc2nc(Nc3ccccc3S(=O)(=O)C(C)C)c3cc[nH]c3n2)cc1C1C=CN(C)O1. The van der Waals surface area contributed by atoms with Crippen LogP contribution in [0.3, 0.4) is 0 Å². The van der Waals surface area contributed by atoms with Gasteiger partial charge in [0.05, 0.1) is 33.0 Å². The number of aryl methyl sites for hydroxylation is 1. The predicted octanol–water partition coefficient (Wildman–Crippen LogP) is 6.15. The molecule has 0 aliphatic carbocycles. The van der Waals surface area contributed by atoms with Gasteiger partial charge in [-0.15, -0.1) is 0 Å². The number of ether oxygens (including phenoxy) is 1. The number of nitrogens with zero attached hydrogens (tertiary/aromatic N) is 3. The van der Waals surface area contributed by atoms with Crippen molar-refractivity contribution in [1.29, 1.82) is 0 Å². The van der Waals surface area contributed by atoms with Crippen molar-refractivity contribution < 1.29 is 18.0 Å². The van der Waals surface area contributed by atoms with E-state index in [2.05, 4.69) is 20.6 Å². The quantitative estimate of drug-likeness (QED) is 0.220. The average molecular weight is 563 g/mol. The zero-order chi connectivity index (χ0) is 28.6. The number of sulfone groups is 1. The maximum atomic E-state index is 13.1. The second-order valence-corrected chi connectivity index (χ2v) is 12.7. The summed E-state index contributed by atoms with van der Waals surface area (Å²) in [4.78, 5) is 18.7. The molecule has 3 N–H and O–H groups in total. The van der Waals surface area contributed by atoms with Gasteiger partial charge in [-0.2, -0.15) is 9.97 Å². The summed E-state index contributed by atoms with van der Waals surface area (Å²) in [5.74, 6) is 1.43. The molecule has 1 unspecified atom stereocenters. The Morgan fingerprint density at radius 2 is 1.82 bits per heavy atom. The highest BCUT2D eigenvalue weighted by atomic mass is 32.2. The lowest BCUT2D eigenvalue weighted by Gasteiger charge is -2.21. The number of hydrogen-bond acceptors (Lipinski definition) is 9. The molecule has 2 aromatic heterocycles. The van der Waals surface area contributed by atoms with Crippen LogP contribution in [0.25, 0.3) is 11.0 Å². The van der Waals surface area contributed by atoms with Crippen LogP contribution in [0.5, 0.6) is 5.75 Å². The minimum atomic E-state index is -3.53. The number of H-pyrrole nitrogens is 1. The van der Waals surface area contributed by atoms with Crippen LogP contribution in [-0.4, -0.2) is 46.8 Å². The molecule has 0 saturated heterocycles. The minimum absolute atomic E-state index is 0.0528. The molecule has 1 aliphatic heterocycles. The summed E-state index contributed by atoms with van der Waals surface area (Å²) in [5, 5.41) is 8.41. The van der Waals surface area contributed by atoms with Crippen molar-refractivity contribution in [3.05, 3.63) is 72.1 Å². The number of aromatic nitrogens is 3. The predicted molar refractivity (Wildman–Crippen MR) is 157 cm³/mol. The van der Waals surface area contributed by atoms with Crippen LogP contribution >= 0.6 is 0 Å². The molecule has 0 radical (unpaired) electrons. The van der Waals surface area contributed by atoms with Crippen molar-refractivity contribution >= 4 is 44.0 Å². The van der Waals surface area contributed by atoms with E-state index < -0.39 is 15.1 Å². The van der Waals surface area contributed by atoms with Gasteiger partial charge in [0.25, 0.3) is 0 Å². The Morgan fingerprint density at radius 1 is 1.05 bits per heavy atom. The topological polar surface area (TPSA) is 121 Å². The zero-order valence-electron chi connectivity index (χ0n) is 23.4. The standard InChI is InChI=1S/C29H34N6O4S/c1-17(2)38-25-15-19(5)21(24-12-14-35(6)39-24)16-23(25)32-29-33-27-20(11-13-30-27)28(34-29)31-22-9-7-8-10-26(22)40(36,37)18(3)4/h7-18,24H,1-6H3,(H3,30,31,32,33,34). The average Bonchev–Trinajstić information content (AvgIpc) is 3.54. The van der Waals surface area contributed by atoms with Gasteiger partial charge in [-0.1, -0.05) is 12.1 Å². The first kappa shape index (κ1) is 27.5. The Morgan fingerprint density at radius 3 is 2.52 bits per heavy atom. The Balaban J connectivity index is 1.56. The highest BCUT2D eigenvalue weighted by Crippen LogP contribution is 2.37. The molecule has 2 aromatic carbocycles. The van der Waals surface area contributed by atoms with Crippen molar-refractivity contribution in [2.75, 3.05) is 17.7 Å². The summed E-state index contributed by atoms with van der Waals surface area (Å²) in [5.41, 5.74) is 3.72. The number of benzene rings is 2. The van der Waals surface area contributed by atoms with E-state index in [1.54, 1.807) is 49.4 Å². The van der Waals surface area contributed by atoms with Crippen molar-refractivity contribution in [2.45, 2.75) is 57.0 Å². The molecule has 5 rings (SSSR count). The maximum Gasteiger partial charge on any atom is 0.231 e. The molecule has 10 nitrogen and oxygen atoms in total. The van der Waals surface area contributed by atoms with E-state index in [1.165, 1.54) is 0 Å². The molecule has 3 heterocycles. The molecule has 1 aliphatic rings. The number of fused-ring (bicyclic) bond motifs is 1. The second-order valence-electron chi connectivity index (χ2n) is 10.3. The number of hydroxylamine groups is 2. The van der Waals surface area contributed by atoms with Gasteiger partial charge in [0, 0.05) is 19.4 Å². The highest BCUT2D eigenvalue weighted by Gasteiger charge is 2.24. The normalized spacial score (nSPS) is 15.4. The molecule has 0 spiro atoms. The number of hydrogen-bond donors (Lipinski definition) is 3. The number of para-hydroxylation sites is 1. The molecule has 4 aromatic rings. The lowest BCUT2D eigenvalue weighted by molar-refractivity contribution is -0.112. The maximum absolute atomic E-state index is 13.1. The van der Waals surface area contributed by atoms with Gasteiger partial charge in [0.15, 0.2) is 9.84 Å². The van der Waals surface area contributed by atoms with Crippen LogP contribution in [0.2, 0.25) is 0 Å². The van der Waals surface area contributed by atoms with E-state index in [9.17, 15) is 8.42 Å². The van der Waals surface area contributed by atoms with Crippen molar-refractivity contribution in [1.82, 2.24) is 20.0 Å². The van der Waals surface area contributed by atoms with Crippen molar-refractivity contribution in [2.24, 2.45) is 0 Å².